The maximum atomic E-state index is 3.52. The minimum atomic E-state index is 0.847. The van der Waals surface area contributed by atoms with E-state index in [0.29, 0.717) is 0 Å². The van der Waals surface area contributed by atoms with Crippen LogP contribution >= 0.6 is 11.3 Å². The molecule has 0 unspecified atom stereocenters. The Morgan fingerprint density at radius 2 is 2.29 bits per heavy atom. The van der Waals surface area contributed by atoms with Gasteiger partial charge in [0.05, 0.1) is 0 Å². The van der Waals surface area contributed by atoms with Crippen molar-refractivity contribution >= 4 is 11.3 Å². The minimum absolute atomic E-state index is 0.847. The largest absolute Gasteiger partial charge is 0.316 e. The Morgan fingerprint density at radius 1 is 1.41 bits per heavy atom. The van der Waals surface area contributed by atoms with E-state index in [1.54, 1.807) is 0 Å². The van der Waals surface area contributed by atoms with E-state index in [-0.39, 0.29) is 0 Å². The topological polar surface area (TPSA) is 15.3 Å². The monoisotopic (exact) mass is 250 g/mol. The first-order valence-electron chi connectivity index (χ1n) is 6.80. The lowest BCUT2D eigenvalue weighted by atomic mass is 9.97. The maximum absolute atomic E-state index is 3.52. The van der Waals surface area contributed by atoms with Gasteiger partial charge in [-0.15, -0.1) is 11.3 Å². The van der Waals surface area contributed by atoms with Crippen molar-refractivity contribution in [2.75, 3.05) is 19.6 Å². The van der Waals surface area contributed by atoms with Crippen LogP contribution in [0, 0.1) is 11.8 Å². The standard InChI is InChI=1S/C14H22N2S/c1-11-7-15-8-12(11)9-16(13-4-5-13)10-14-3-2-6-17-14/h2-3,6,11-13,15H,4-5,7-10H2,1H3/t11-,12+/m1/s1. The molecule has 0 amide bonds. The molecule has 1 saturated heterocycles. The average Bonchev–Trinajstić information content (AvgIpc) is 2.91. The molecule has 17 heavy (non-hydrogen) atoms. The van der Waals surface area contributed by atoms with Crippen molar-refractivity contribution < 1.29 is 0 Å². The Morgan fingerprint density at radius 3 is 2.88 bits per heavy atom. The number of hydrogen-bond donors (Lipinski definition) is 1. The number of thiophene rings is 1. The average molecular weight is 250 g/mol. The van der Waals surface area contributed by atoms with E-state index in [2.05, 4.69) is 34.7 Å². The van der Waals surface area contributed by atoms with E-state index in [9.17, 15) is 0 Å². The molecule has 1 aromatic rings. The summed E-state index contributed by atoms with van der Waals surface area (Å²) in [4.78, 5) is 4.25. The number of rotatable bonds is 5. The lowest BCUT2D eigenvalue weighted by molar-refractivity contribution is 0.203. The lowest BCUT2D eigenvalue weighted by Gasteiger charge is -2.26. The van der Waals surface area contributed by atoms with Gasteiger partial charge in [-0.25, -0.2) is 0 Å². The number of hydrogen-bond acceptors (Lipinski definition) is 3. The van der Waals surface area contributed by atoms with Gasteiger partial charge in [0.25, 0.3) is 0 Å². The summed E-state index contributed by atoms with van der Waals surface area (Å²) in [6.45, 7) is 7.28. The molecular weight excluding hydrogens is 228 g/mol. The Kier molecular flexibility index (Phi) is 3.50. The summed E-state index contributed by atoms with van der Waals surface area (Å²) in [6, 6.07) is 5.33. The van der Waals surface area contributed by atoms with Gasteiger partial charge in [-0.2, -0.15) is 0 Å². The van der Waals surface area contributed by atoms with Crippen molar-refractivity contribution in [1.29, 1.82) is 0 Å². The smallest absolute Gasteiger partial charge is 0.0330 e. The quantitative estimate of drug-likeness (QED) is 0.864. The molecule has 1 saturated carbocycles. The molecule has 2 heterocycles. The molecule has 0 radical (unpaired) electrons. The SMILES string of the molecule is C[C@@H]1CNC[C@H]1CN(Cc1cccs1)C1CC1. The van der Waals surface area contributed by atoms with Crippen LogP contribution in [0.4, 0.5) is 0 Å². The predicted molar refractivity (Wildman–Crippen MR) is 73.3 cm³/mol. The minimum Gasteiger partial charge on any atom is -0.316 e. The summed E-state index contributed by atoms with van der Waals surface area (Å²) in [5, 5.41) is 5.72. The first kappa shape index (κ1) is 11.7. The molecular formula is C14H22N2S. The van der Waals surface area contributed by atoms with Crippen molar-refractivity contribution in [1.82, 2.24) is 10.2 Å². The van der Waals surface area contributed by atoms with Gasteiger partial charge >= 0.3 is 0 Å². The fourth-order valence-corrected chi connectivity index (χ4v) is 3.52. The van der Waals surface area contributed by atoms with Gasteiger partial charge in [0, 0.05) is 24.0 Å². The molecule has 1 N–H and O–H groups in total. The Bertz CT molecular complexity index is 345. The molecule has 2 atom stereocenters. The van der Waals surface area contributed by atoms with Crippen molar-refractivity contribution in [2.45, 2.75) is 32.4 Å². The molecule has 3 rings (SSSR count). The van der Waals surface area contributed by atoms with Crippen LogP contribution in [0.25, 0.3) is 0 Å². The third-order valence-electron chi connectivity index (χ3n) is 4.15. The van der Waals surface area contributed by atoms with Crippen LogP contribution < -0.4 is 5.32 Å². The van der Waals surface area contributed by atoms with Gasteiger partial charge in [-0.05, 0) is 49.2 Å². The predicted octanol–water partition coefficient (Wildman–Crippen LogP) is 2.57. The van der Waals surface area contributed by atoms with Gasteiger partial charge in [-0.3, -0.25) is 4.90 Å². The number of nitrogens with one attached hydrogen (secondary N) is 1. The molecule has 1 aromatic heterocycles. The fourth-order valence-electron chi connectivity index (χ4n) is 2.80. The highest BCUT2D eigenvalue weighted by Gasteiger charge is 2.33. The zero-order chi connectivity index (χ0) is 11.7. The van der Waals surface area contributed by atoms with Crippen molar-refractivity contribution in [2.24, 2.45) is 11.8 Å². The van der Waals surface area contributed by atoms with E-state index in [4.69, 9.17) is 0 Å². The lowest BCUT2D eigenvalue weighted by Crippen LogP contribution is -2.33. The first-order chi connectivity index (χ1) is 8.33. The summed E-state index contributed by atoms with van der Waals surface area (Å²) < 4.78 is 0. The highest BCUT2D eigenvalue weighted by molar-refractivity contribution is 7.09. The van der Waals surface area contributed by atoms with Gasteiger partial charge in [0.15, 0.2) is 0 Å². The Hall–Kier alpha value is -0.380. The Labute approximate surface area is 108 Å². The fraction of sp³-hybridized carbons (Fsp3) is 0.714. The molecule has 94 valence electrons. The molecule has 1 aliphatic carbocycles. The number of nitrogens with zero attached hydrogens (tertiary/aromatic N) is 1. The van der Waals surface area contributed by atoms with E-state index in [1.165, 1.54) is 43.9 Å². The van der Waals surface area contributed by atoms with Crippen LogP contribution in [0.3, 0.4) is 0 Å². The summed E-state index contributed by atoms with van der Waals surface area (Å²) >= 11 is 1.90. The van der Waals surface area contributed by atoms with Crippen molar-refractivity contribution in [3.63, 3.8) is 0 Å². The molecule has 2 fully saturated rings. The molecule has 2 aliphatic rings. The first-order valence-corrected chi connectivity index (χ1v) is 7.68. The zero-order valence-corrected chi connectivity index (χ0v) is 11.4. The van der Waals surface area contributed by atoms with E-state index in [1.807, 2.05) is 11.3 Å². The van der Waals surface area contributed by atoms with Crippen LogP contribution in [0.5, 0.6) is 0 Å². The van der Waals surface area contributed by atoms with Crippen LogP contribution in [-0.4, -0.2) is 30.6 Å². The summed E-state index contributed by atoms with van der Waals surface area (Å²) in [7, 11) is 0. The van der Waals surface area contributed by atoms with Gasteiger partial charge in [-0.1, -0.05) is 13.0 Å². The second-order valence-corrected chi connectivity index (χ2v) is 6.67. The highest BCUT2D eigenvalue weighted by atomic mass is 32.1. The van der Waals surface area contributed by atoms with Crippen LogP contribution in [0.2, 0.25) is 0 Å². The van der Waals surface area contributed by atoms with Gasteiger partial charge < -0.3 is 5.32 Å². The summed E-state index contributed by atoms with van der Waals surface area (Å²) in [5.41, 5.74) is 0. The molecule has 1 aliphatic heterocycles. The van der Waals surface area contributed by atoms with E-state index < -0.39 is 0 Å². The third-order valence-corrected chi connectivity index (χ3v) is 5.01. The molecule has 3 heteroatoms. The summed E-state index contributed by atoms with van der Waals surface area (Å²) in [6.07, 6.45) is 2.83. The summed E-state index contributed by atoms with van der Waals surface area (Å²) in [5.74, 6) is 1.70. The van der Waals surface area contributed by atoms with Crippen molar-refractivity contribution in [3.05, 3.63) is 22.4 Å². The van der Waals surface area contributed by atoms with Crippen molar-refractivity contribution in [3.8, 4) is 0 Å². The van der Waals surface area contributed by atoms with E-state index in [0.717, 1.165) is 17.9 Å². The highest BCUT2D eigenvalue weighted by Crippen LogP contribution is 2.31. The zero-order valence-electron chi connectivity index (χ0n) is 10.6. The molecule has 0 spiro atoms. The van der Waals surface area contributed by atoms with Crippen LogP contribution in [0.15, 0.2) is 17.5 Å². The van der Waals surface area contributed by atoms with E-state index >= 15 is 0 Å². The van der Waals surface area contributed by atoms with Crippen LogP contribution in [-0.2, 0) is 6.54 Å². The Balaban J connectivity index is 1.60. The normalized spacial score (nSPS) is 29.1. The molecule has 0 aromatic carbocycles. The maximum Gasteiger partial charge on any atom is 0.0330 e. The molecule has 0 bridgehead atoms. The van der Waals surface area contributed by atoms with Gasteiger partial charge in [0.1, 0.15) is 0 Å². The second kappa shape index (κ2) is 5.09. The molecule has 2 nitrogen and oxygen atoms in total. The third kappa shape index (κ3) is 2.90. The van der Waals surface area contributed by atoms with Gasteiger partial charge in [0.2, 0.25) is 0 Å². The second-order valence-electron chi connectivity index (χ2n) is 5.64. The van der Waals surface area contributed by atoms with Crippen LogP contribution in [0.1, 0.15) is 24.6 Å².